The SMILES string of the molecule is CN1CCn2nc(-c3cccc(-c4csc(NC(=O)CNC(=O)O)n4)c3)cc2C1. The minimum Gasteiger partial charge on any atom is -0.465 e. The number of carbonyl (C=O) groups excluding carboxylic acids is 1. The number of hydrogen-bond donors (Lipinski definition) is 3. The Morgan fingerprint density at radius 1 is 1.21 bits per heavy atom. The Labute approximate surface area is 171 Å². The summed E-state index contributed by atoms with van der Waals surface area (Å²) in [6, 6.07) is 10.1. The largest absolute Gasteiger partial charge is 0.465 e. The van der Waals surface area contributed by atoms with Crippen molar-refractivity contribution < 1.29 is 14.7 Å². The van der Waals surface area contributed by atoms with Crippen molar-refractivity contribution in [1.82, 2.24) is 25.0 Å². The number of hydrogen-bond acceptors (Lipinski definition) is 6. The van der Waals surface area contributed by atoms with E-state index in [9.17, 15) is 9.59 Å². The second-order valence-corrected chi connectivity index (χ2v) is 7.67. The van der Waals surface area contributed by atoms with E-state index in [1.807, 2.05) is 35.0 Å². The zero-order chi connectivity index (χ0) is 20.4. The first-order valence-corrected chi connectivity index (χ1v) is 9.94. The predicted molar refractivity (Wildman–Crippen MR) is 110 cm³/mol. The molecular weight excluding hydrogens is 392 g/mol. The van der Waals surface area contributed by atoms with Gasteiger partial charge in [-0.1, -0.05) is 18.2 Å². The van der Waals surface area contributed by atoms with Crippen molar-refractivity contribution in [2.75, 3.05) is 25.5 Å². The number of carbonyl (C=O) groups is 2. The van der Waals surface area contributed by atoms with Crippen LogP contribution in [-0.2, 0) is 17.9 Å². The molecule has 3 heterocycles. The van der Waals surface area contributed by atoms with E-state index in [0.29, 0.717) is 5.13 Å². The number of carboxylic acid groups (broad SMARTS) is 1. The summed E-state index contributed by atoms with van der Waals surface area (Å²) in [5.41, 5.74) is 4.80. The van der Waals surface area contributed by atoms with Crippen LogP contribution in [0.5, 0.6) is 0 Å². The minimum absolute atomic E-state index is 0.320. The van der Waals surface area contributed by atoms with Crippen LogP contribution >= 0.6 is 11.3 Å². The van der Waals surface area contributed by atoms with E-state index in [2.05, 4.69) is 33.0 Å². The number of anilines is 1. The molecule has 2 amide bonds. The Hall–Kier alpha value is -3.24. The maximum absolute atomic E-state index is 11.7. The highest BCUT2D eigenvalue weighted by Gasteiger charge is 2.17. The van der Waals surface area contributed by atoms with E-state index in [1.54, 1.807) is 0 Å². The molecule has 9 nitrogen and oxygen atoms in total. The van der Waals surface area contributed by atoms with E-state index in [0.717, 1.165) is 42.1 Å². The van der Waals surface area contributed by atoms with Gasteiger partial charge < -0.3 is 15.7 Å². The quantitative estimate of drug-likeness (QED) is 0.593. The molecule has 0 radical (unpaired) electrons. The monoisotopic (exact) mass is 412 g/mol. The number of fused-ring (bicyclic) bond motifs is 1. The lowest BCUT2D eigenvalue weighted by Crippen LogP contribution is -2.31. The molecule has 0 saturated heterocycles. The molecule has 1 aromatic carbocycles. The van der Waals surface area contributed by atoms with Gasteiger partial charge in [0, 0.05) is 29.6 Å². The van der Waals surface area contributed by atoms with Crippen LogP contribution in [0.3, 0.4) is 0 Å². The Balaban J connectivity index is 1.50. The summed E-state index contributed by atoms with van der Waals surface area (Å²) in [6.45, 7) is 2.44. The second kappa shape index (κ2) is 8.02. The summed E-state index contributed by atoms with van der Waals surface area (Å²) in [5, 5.41) is 20.2. The van der Waals surface area contributed by atoms with Crippen molar-refractivity contribution >= 4 is 28.5 Å². The number of nitrogens with zero attached hydrogens (tertiary/aromatic N) is 4. The standard InChI is InChI=1S/C19H20N6O3S/c1-24-5-6-25-14(10-24)8-15(23-25)12-3-2-4-13(7-12)16-11-29-18(21-16)22-17(26)9-20-19(27)28/h2-4,7-8,11,20H,5-6,9-10H2,1H3,(H,27,28)(H,21,22,26). The van der Waals surface area contributed by atoms with Gasteiger partial charge in [0.2, 0.25) is 5.91 Å². The van der Waals surface area contributed by atoms with Crippen LogP contribution in [0.1, 0.15) is 5.69 Å². The second-order valence-electron chi connectivity index (χ2n) is 6.81. The highest BCUT2D eigenvalue weighted by atomic mass is 32.1. The highest BCUT2D eigenvalue weighted by molar-refractivity contribution is 7.14. The summed E-state index contributed by atoms with van der Waals surface area (Å²) in [4.78, 5) is 28.9. The van der Waals surface area contributed by atoms with Gasteiger partial charge in [-0.3, -0.25) is 14.4 Å². The number of rotatable bonds is 5. The first-order chi connectivity index (χ1) is 14.0. The molecule has 0 atom stereocenters. The molecule has 1 aliphatic rings. The van der Waals surface area contributed by atoms with Gasteiger partial charge in [-0.2, -0.15) is 5.10 Å². The van der Waals surface area contributed by atoms with E-state index >= 15 is 0 Å². The van der Waals surface area contributed by atoms with Crippen molar-refractivity contribution in [2.45, 2.75) is 13.1 Å². The van der Waals surface area contributed by atoms with Crippen LogP contribution in [0, 0.1) is 0 Å². The molecule has 4 rings (SSSR count). The number of thiazole rings is 1. The molecule has 10 heteroatoms. The molecule has 29 heavy (non-hydrogen) atoms. The van der Waals surface area contributed by atoms with Crippen LogP contribution in [0.15, 0.2) is 35.7 Å². The van der Waals surface area contributed by atoms with E-state index in [4.69, 9.17) is 10.2 Å². The topological polar surface area (TPSA) is 112 Å². The summed E-state index contributed by atoms with van der Waals surface area (Å²) in [6.07, 6.45) is -1.25. The van der Waals surface area contributed by atoms with Gasteiger partial charge in [-0.15, -0.1) is 11.3 Å². The van der Waals surface area contributed by atoms with Gasteiger partial charge in [-0.25, -0.2) is 9.78 Å². The third-order valence-electron chi connectivity index (χ3n) is 4.59. The molecule has 2 aromatic heterocycles. The Morgan fingerprint density at radius 2 is 2.00 bits per heavy atom. The highest BCUT2D eigenvalue weighted by Crippen LogP contribution is 2.29. The number of benzene rings is 1. The normalized spacial score (nSPS) is 13.7. The van der Waals surface area contributed by atoms with Gasteiger partial charge in [0.15, 0.2) is 5.13 Å². The molecule has 0 fully saturated rings. The number of aromatic nitrogens is 3. The van der Waals surface area contributed by atoms with Crippen LogP contribution in [0.4, 0.5) is 9.93 Å². The molecule has 1 aliphatic heterocycles. The number of nitrogens with one attached hydrogen (secondary N) is 2. The molecule has 3 aromatic rings. The van der Waals surface area contributed by atoms with Crippen molar-refractivity contribution in [3.63, 3.8) is 0 Å². The third-order valence-corrected chi connectivity index (χ3v) is 5.35. The van der Waals surface area contributed by atoms with Gasteiger partial charge in [0.1, 0.15) is 6.54 Å². The van der Waals surface area contributed by atoms with E-state index < -0.39 is 12.0 Å². The maximum atomic E-state index is 11.7. The molecule has 0 bridgehead atoms. The molecule has 150 valence electrons. The lowest BCUT2D eigenvalue weighted by Gasteiger charge is -2.22. The van der Waals surface area contributed by atoms with E-state index in [-0.39, 0.29) is 6.54 Å². The van der Waals surface area contributed by atoms with Crippen LogP contribution in [0.25, 0.3) is 22.5 Å². The molecule has 0 saturated carbocycles. The fraction of sp³-hybridized carbons (Fsp3) is 0.263. The fourth-order valence-electron chi connectivity index (χ4n) is 3.16. The smallest absolute Gasteiger partial charge is 0.405 e. The predicted octanol–water partition coefficient (Wildman–Crippen LogP) is 2.33. The van der Waals surface area contributed by atoms with Crippen molar-refractivity contribution in [2.24, 2.45) is 0 Å². The average Bonchev–Trinajstić information content (AvgIpc) is 3.33. The van der Waals surface area contributed by atoms with Gasteiger partial charge in [-0.05, 0) is 19.2 Å². The molecule has 0 aliphatic carbocycles. The Kier molecular flexibility index (Phi) is 5.28. The zero-order valence-electron chi connectivity index (χ0n) is 15.8. The summed E-state index contributed by atoms with van der Waals surface area (Å²) >= 11 is 1.29. The first kappa shape index (κ1) is 19.1. The van der Waals surface area contributed by atoms with Gasteiger partial charge in [0.25, 0.3) is 0 Å². The summed E-state index contributed by atoms with van der Waals surface area (Å²) < 4.78 is 2.06. The summed E-state index contributed by atoms with van der Waals surface area (Å²) in [5.74, 6) is -0.462. The zero-order valence-corrected chi connectivity index (χ0v) is 16.6. The first-order valence-electron chi connectivity index (χ1n) is 9.06. The molecule has 0 spiro atoms. The van der Waals surface area contributed by atoms with Crippen LogP contribution < -0.4 is 10.6 Å². The lowest BCUT2D eigenvalue weighted by atomic mass is 10.1. The Bertz CT molecular complexity index is 1060. The van der Waals surface area contributed by atoms with Gasteiger partial charge >= 0.3 is 6.09 Å². The fourth-order valence-corrected chi connectivity index (χ4v) is 3.90. The minimum atomic E-state index is -1.25. The average molecular weight is 412 g/mol. The maximum Gasteiger partial charge on any atom is 0.405 e. The third kappa shape index (κ3) is 4.44. The van der Waals surface area contributed by atoms with Crippen LogP contribution in [0.2, 0.25) is 0 Å². The number of amides is 2. The van der Waals surface area contributed by atoms with Crippen molar-refractivity contribution in [3.05, 3.63) is 41.4 Å². The van der Waals surface area contributed by atoms with Crippen molar-refractivity contribution in [3.8, 4) is 22.5 Å². The summed E-state index contributed by atoms with van der Waals surface area (Å²) in [7, 11) is 2.10. The van der Waals surface area contributed by atoms with Gasteiger partial charge in [0.05, 0.1) is 23.6 Å². The molecule has 0 unspecified atom stereocenters. The number of likely N-dealkylation sites (N-methyl/N-ethyl adjacent to an activating group) is 1. The molecular formula is C19H20N6O3S. The lowest BCUT2D eigenvalue weighted by molar-refractivity contribution is -0.115. The Morgan fingerprint density at radius 3 is 2.79 bits per heavy atom. The van der Waals surface area contributed by atoms with Crippen molar-refractivity contribution in [1.29, 1.82) is 0 Å². The van der Waals surface area contributed by atoms with Crippen LogP contribution in [-0.4, -0.2) is 56.9 Å². The molecule has 3 N–H and O–H groups in total. The van der Waals surface area contributed by atoms with E-state index in [1.165, 1.54) is 17.0 Å².